The number of anilines is 1. The first-order valence-electron chi connectivity index (χ1n) is 8.07. The lowest BCUT2D eigenvalue weighted by molar-refractivity contribution is -0.132. The van der Waals surface area contributed by atoms with Crippen LogP contribution >= 0.6 is 0 Å². The first kappa shape index (κ1) is 17.9. The van der Waals surface area contributed by atoms with Gasteiger partial charge in [0.2, 0.25) is 0 Å². The molecule has 2 rings (SSSR count). The average molecular weight is 326 g/mol. The molecule has 4 nitrogen and oxygen atoms in total. The summed E-state index contributed by atoms with van der Waals surface area (Å²) in [5, 5.41) is 0. The molecule has 0 aromatic heterocycles. The lowest BCUT2D eigenvalue weighted by Gasteiger charge is -2.19. The monoisotopic (exact) mass is 326 g/mol. The second kappa shape index (κ2) is 7.86. The molecule has 0 radical (unpaired) electrons. The largest absolute Gasteiger partial charge is 0.484 e. The highest BCUT2D eigenvalue weighted by atomic mass is 16.5. The summed E-state index contributed by atoms with van der Waals surface area (Å²) in [5.41, 5.74) is 4.48. The number of benzene rings is 2. The predicted octanol–water partition coefficient (Wildman–Crippen LogP) is 3.41. The molecule has 4 heteroatoms. The van der Waals surface area contributed by atoms with E-state index >= 15 is 0 Å². The van der Waals surface area contributed by atoms with Gasteiger partial charge in [-0.15, -0.1) is 0 Å². The third-order valence-corrected chi connectivity index (χ3v) is 3.98. The number of carbonyl (C=O) groups is 1. The van der Waals surface area contributed by atoms with Gasteiger partial charge in [-0.25, -0.2) is 0 Å². The molecular weight excluding hydrogens is 300 g/mol. The molecule has 0 aliphatic carbocycles. The van der Waals surface area contributed by atoms with E-state index in [1.165, 1.54) is 5.56 Å². The molecule has 1 amide bonds. The highest BCUT2D eigenvalue weighted by Gasteiger charge is 2.11. The Hall–Kier alpha value is -2.49. The molecule has 0 aliphatic heterocycles. The highest BCUT2D eigenvalue weighted by molar-refractivity contribution is 5.77. The Bertz CT molecular complexity index is 693. The van der Waals surface area contributed by atoms with Crippen molar-refractivity contribution in [1.82, 2.24) is 4.90 Å². The van der Waals surface area contributed by atoms with Crippen LogP contribution in [0.3, 0.4) is 0 Å². The normalized spacial score (nSPS) is 10.4. The molecule has 0 N–H and O–H groups in total. The maximum absolute atomic E-state index is 12.3. The third kappa shape index (κ3) is 4.75. The van der Waals surface area contributed by atoms with Crippen LogP contribution in [-0.2, 0) is 11.3 Å². The number of amides is 1. The minimum atomic E-state index is -0.0355. The fraction of sp³-hybridized carbons (Fsp3) is 0.350. The molecule has 0 saturated heterocycles. The van der Waals surface area contributed by atoms with Crippen LogP contribution in [0.15, 0.2) is 42.5 Å². The number of rotatable bonds is 6. The van der Waals surface area contributed by atoms with Gasteiger partial charge in [0.05, 0.1) is 0 Å². The van der Waals surface area contributed by atoms with Crippen molar-refractivity contribution < 1.29 is 9.53 Å². The van der Waals surface area contributed by atoms with Crippen LogP contribution in [0.5, 0.6) is 5.75 Å². The van der Waals surface area contributed by atoms with Crippen LogP contribution < -0.4 is 9.64 Å². The van der Waals surface area contributed by atoms with Gasteiger partial charge in [0.25, 0.3) is 5.91 Å². The van der Waals surface area contributed by atoms with Gasteiger partial charge in [-0.3, -0.25) is 4.79 Å². The Morgan fingerprint density at radius 1 is 1.00 bits per heavy atom. The van der Waals surface area contributed by atoms with Gasteiger partial charge < -0.3 is 14.5 Å². The second-order valence-corrected chi connectivity index (χ2v) is 6.37. The molecule has 0 unspecified atom stereocenters. The minimum Gasteiger partial charge on any atom is -0.484 e. The van der Waals surface area contributed by atoms with Gasteiger partial charge in [0, 0.05) is 33.4 Å². The number of hydrogen-bond donors (Lipinski definition) is 0. The molecule has 128 valence electrons. The van der Waals surface area contributed by atoms with E-state index < -0.39 is 0 Å². The van der Waals surface area contributed by atoms with Crippen LogP contribution in [0.2, 0.25) is 0 Å². The van der Waals surface area contributed by atoms with Crippen molar-refractivity contribution in [2.75, 3.05) is 32.6 Å². The Morgan fingerprint density at radius 2 is 1.67 bits per heavy atom. The summed E-state index contributed by atoms with van der Waals surface area (Å²) >= 11 is 0. The van der Waals surface area contributed by atoms with E-state index in [9.17, 15) is 4.79 Å². The summed E-state index contributed by atoms with van der Waals surface area (Å²) in [4.78, 5) is 16.0. The minimum absolute atomic E-state index is 0.0355. The topological polar surface area (TPSA) is 32.8 Å². The zero-order valence-electron chi connectivity index (χ0n) is 15.2. The van der Waals surface area contributed by atoms with E-state index in [4.69, 9.17) is 4.74 Å². The van der Waals surface area contributed by atoms with Crippen LogP contribution in [-0.4, -0.2) is 38.6 Å². The number of ether oxygens (including phenoxy) is 1. The van der Waals surface area contributed by atoms with E-state index in [-0.39, 0.29) is 12.5 Å². The predicted molar refractivity (Wildman–Crippen MR) is 98.7 cm³/mol. The number of carbonyl (C=O) groups excluding carboxylic acids is 1. The van der Waals surface area contributed by atoms with E-state index in [2.05, 4.69) is 23.1 Å². The van der Waals surface area contributed by atoms with Crippen LogP contribution in [0, 0.1) is 13.8 Å². The van der Waals surface area contributed by atoms with E-state index in [0.717, 1.165) is 22.6 Å². The zero-order chi connectivity index (χ0) is 17.7. The van der Waals surface area contributed by atoms with E-state index in [0.29, 0.717) is 6.54 Å². The maximum Gasteiger partial charge on any atom is 0.260 e. The van der Waals surface area contributed by atoms with Gasteiger partial charge in [-0.05, 0) is 43.2 Å². The second-order valence-electron chi connectivity index (χ2n) is 6.37. The van der Waals surface area contributed by atoms with Crippen molar-refractivity contribution >= 4 is 11.6 Å². The van der Waals surface area contributed by atoms with Crippen molar-refractivity contribution in [3.63, 3.8) is 0 Å². The first-order valence-corrected chi connectivity index (χ1v) is 8.07. The van der Waals surface area contributed by atoms with E-state index in [1.54, 1.807) is 11.9 Å². The van der Waals surface area contributed by atoms with Crippen molar-refractivity contribution in [2.24, 2.45) is 0 Å². The summed E-state index contributed by atoms with van der Waals surface area (Å²) in [5.74, 6) is 0.726. The summed E-state index contributed by atoms with van der Waals surface area (Å²) < 4.78 is 5.67. The SMILES string of the molecule is Cc1ccc(OCC(=O)N(C)Cc2ccc(N(C)C)cc2)c(C)c1. The molecular formula is C20H26N2O2. The fourth-order valence-electron chi connectivity index (χ4n) is 2.47. The number of hydrogen-bond acceptors (Lipinski definition) is 3. The lowest BCUT2D eigenvalue weighted by atomic mass is 10.1. The van der Waals surface area contributed by atoms with Crippen molar-refractivity contribution in [1.29, 1.82) is 0 Å². The standard InChI is InChI=1S/C20H26N2O2/c1-15-6-11-19(16(2)12-15)24-14-20(23)22(5)13-17-7-9-18(10-8-17)21(3)4/h6-12H,13-14H2,1-5H3. The summed E-state index contributed by atoms with van der Waals surface area (Å²) in [7, 11) is 5.82. The van der Waals surface area contributed by atoms with Gasteiger partial charge in [-0.2, -0.15) is 0 Å². The summed E-state index contributed by atoms with van der Waals surface area (Å²) in [6, 6.07) is 14.2. The molecule has 24 heavy (non-hydrogen) atoms. The Balaban J connectivity index is 1.89. The first-order chi connectivity index (χ1) is 11.4. The molecule has 0 spiro atoms. The van der Waals surface area contributed by atoms with Crippen LogP contribution in [0.25, 0.3) is 0 Å². The Labute approximate surface area is 144 Å². The van der Waals surface area contributed by atoms with Crippen molar-refractivity contribution in [3.8, 4) is 5.75 Å². The van der Waals surface area contributed by atoms with Crippen molar-refractivity contribution in [2.45, 2.75) is 20.4 Å². The van der Waals surface area contributed by atoms with E-state index in [1.807, 2.05) is 52.2 Å². The van der Waals surface area contributed by atoms with Crippen LogP contribution in [0.1, 0.15) is 16.7 Å². The maximum atomic E-state index is 12.3. The van der Waals surface area contributed by atoms with Gasteiger partial charge in [0.1, 0.15) is 5.75 Å². The molecule has 0 fully saturated rings. The lowest BCUT2D eigenvalue weighted by Crippen LogP contribution is -2.31. The molecule has 0 bridgehead atoms. The number of nitrogens with zero attached hydrogens (tertiary/aromatic N) is 2. The summed E-state index contributed by atoms with van der Waals surface area (Å²) in [6.07, 6.45) is 0. The van der Waals surface area contributed by atoms with Gasteiger partial charge >= 0.3 is 0 Å². The summed E-state index contributed by atoms with van der Waals surface area (Å²) in [6.45, 7) is 4.65. The average Bonchev–Trinajstić information content (AvgIpc) is 2.54. The quantitative estimate of drug-likeness (QED) is 0.815. The Kier molecular flexibility index (Phi) is 5.85. The molecule has 0 atom stereocenters. The smallest absolute Gasteiger partial charge is 0.260 e. The molecule has 0 saturated carbocycles. The number of aryl methyl sites for hydroxylation is 2. The molecule has 2 aromatic rings. The molecule has 2 aromatic carbocycles. The molecule has 0 heterocycles. The van der Waals surface area contributed by atoms with Gasteiger partial charge in [0.15, 0.2) is 6.61 Å². The third-order valence-electron chi connectivity index (χ3n) is 3.98. The highest BCUT2D eigenvalue weighted by Crippen LogP contribution is 2.19. The van der Waals surface area contributed by atoms with Gasteiger partial charge in [-0.1, -0.05) is 29.8 Å². The van der Waals surface area contributed by atoms with Crippen LogP contribution in [0.4, 0.5) is 5.69 Å². The number of likely N-dealkylation sites (N-methyl/N-ethyl adjacent to an activating group) is 1. The van der Waals surface area contributed by atoms with Crippen molar-refractivity contribution in [3.05, 3.63) is 59.2 Å². The fourth-order valence-corrected chi connectivity index (χ4v) is 2.47. The zero-order valence-corrected chi connectivity index (χ0v) is 15.2. The Morgan fingerprint density at radius 3 is 2.25 bits per heavy atom. The molecule has 0 aliphatic rings.